The molecule has 12 nitrogen and oxygen atoms in total. The maximum absolute atomic E-state index is 10.7. The van der Waals surface area contributed by atoms with E-state index in [0.717, 1.165) is 33.4 Å². The molecule has 0 radical (unpaired) electrons. The molecule has 0 saturated heterocycles. The number of aromatic nitrogens is 3. The van der Waals surface area contributed by atoms with Crippen molar-refractivity contribution in [1.82, 2.24) is 15.0 Å². The van der Waals surface area contributed by atoms with Crippen LogP contribution in [0.15, 0.2) is 160 Å². The van der Waals surface area contributed by atoms with Gasteiger partial charge >= 0.3 is 18.0 Å². The average Bonchev–Trinajstić information content (AvgIpc) is 3.28. The molecule has 0 fully saturated rings. The van der Waals surface area contributed by atoms with Crippen molar-refractivity contribution in [3.63, 3.8) is 0 Å². The summed E-state index contributed by atoms with van der Waals surface area (Å²) < 4.78 is 18.8. The van der Waals surface area contributed by atoms with Gasteiger partial charge in [-0.2, -0.15) is 15.0 Å². The van der Waals surface area contributed by atoms with Crippen LogP contribution in [0.5, 0.6) is 29.5 Å². The lowest BCUT2D eigenvalue weighted by Crippen LogP contribution is -2.24. The van der Waals surface area contributed by atoms with E-state index in [9.17, 15) is 14.4 Å². The Labute approximate surface area is 365 Å². The summed E-state index contributed by atoms with van der Waals surface area (Å²) in [6.45, 7) is 12.7. The lowest BCUT2D eigenvalue weighted by Gasteiger charge is -2.30. The van der Waals surface area contributed by atoms with E-state index in [4.69, 9.17) is 14.2 Å². The quantitative estimate of drug-likeness (QED) is 0.0726. The molecular weight excluding hydrogens is 793 g/mol. The van der Waals surface area contributed by atoms with Crippen LogP contribution in [0.3, 0.4) is 0 Å². The van der Waals surface area contributed by atoms with Crippen LogP contribution in [0.1, 0.15) is 75.8 Å². The summed E-state index contributed by atoms with van der Waals surface area (Å²) in [6, 6.07) is 37.7. The highest BCUT2D eigenvalue weighted by molar-refractivity contribution is 5.54. The lowest BCUT2D eigenvalue weighted by atomic mass is 9.75. The highest BCUT2D eigenvalue weighted by atomic mass is 16.5. The Morgan fingerprint density at radius 3 is 1.14 bits per heavy atom. The maximum atomic E-state index is 10.7. The van der Waals surface area contributed by atoms with Crippen LogP contribution in [0.2, 0.25) is 0 Å². The molecule has 0 bridgehead atoms. The van der Waals surface area contributed by atoms with E-state index in [1.54, 1.807) is 54.6 Å². The molecule has 0 N–H and O–H groups in total. The number of carbonyl (C=O) groups excluding carboxylic acids is 3. The number of hydrogen-bond acceptors (Lipinski definition) is 12. The third-order valence-electron chi connectivity index (χ3n) is 11.5. The molecule has 314 valence electrons. The summed E-state index contributed by atoms with van der Waals surface area (Å²) in [7, 11) is 0. The SMILES string of the molecule is CC(C)(C1=CCC(Oc2nc(Oc3ccc(C(C)(C)c4ccc(N=C=O)cc4)cc3)nc(Oc3ccc(C(C)(C)c4ccc(N=C=O)cc4)cc3)n2)C=C1)c1ccc(N=C=O)cc1. The second-order valence-corrected chi connectivity index (χ2v) is 16.5. The zero-order chi connectivity index (χ0) is 44.6. The minimum atomic E-state index is -0.390. The second kappa shape index (κ2) is 18.4. The van der Waals surface area contributed by atoms with E-state index in [2.05, 4.69) is 77.5 Å². The number of rotatable bonds is 15. The van der Waals surface area contributed by atoms with Crippen molar-refractivity contribution in [1.29, 1.82) is 0 Å². The number of nitrogens with zero attached hydrogens (tertiary/aromatic N) is 6. The van der Waals surface area contributed by atoms with Crippen LogP contribution >= 0.6 is 0 Å². The van der Waals surface area contributed by atoms with Gasteiger partial charge in [0.05, 0.1) is 17.1 Å². The van der Waals surface area contributed by atoms with Crippen LogP contribution in [0, 0.1) is 0 Å². The van der Waals surface area contributed by atoms with Gasteiger partial charge in [-0.1, -0.05) is 114 Å². The van der Waals surface area contributed by atoms with Crippen molar-refractivity contribution >= 4 is 35.3 Å². The zero-order valence-corrected chi connectivity index (χ0v) is 35.7. The third-order valence-corrected chi connectivity index (χ3v) is 11.5. The average molecular weight is 837 g/mol. The highest BCUT2D eigenvalue weighted by Gasteiger charge is 2.28. The summed E-state index contributed by atoms with van der Waals surface area (Å²) >= 11 is 0. The molecule has 1 aliphatic carbocycles. The van der Waals surface area contributed by atoms with E-state index >= 15 is 0 Å². The number of hydrogen-bond donors (Lipinski definition) is 0. The van der Waals surface area contributed by atoms with Gasteiger partial charge in [0.1, 0.15) is 17.6 Å². The molecule has 12 heteroatoms. The molecule has 1 heterocycles. The molecule has 1 unspecified atom stereocenters. The van der Waals surface area contributed by atoms with E-state index in [1.807, 2.05) is 97.1 Å². The summed E-state index contributed by atoms with van der Waals surface area (Å²) in [4.78, 5) is 56.8. The Hall–Kier alpha value is -7.87. The summed E-state index contributed by atoms with van der Waals surface area (Å²) in [6.07, 6.45) is 11.0. The number of allylic oxidation sites excluding steroid dienone is 2. The smallest absolute Gasteiger partial charge is 0.331 e. The summed E-state index contributed by atoms with van der Waals surface area (Å²) in [5.74, 6) is 0.980. The fourth-order valence-electron chi connectivity index (χ4n) is 7.36. The molecule has 1 atom stereocenters. The molecule has 7 rings (SSSR count). The summed E-state index contributed by atoms with van der Waals surface area (Å²) in [5.41, 5.74) is 6.88. The Morgan fingerprint density at radius 1 is 0.476 bits per heavy atom. The van der Waals surface area contributed by atoms with Gasteiger partial charge in [0.25, 0.3) is 0 Å². The monoisotopic (exact) mass is 836 g/mol. The Bertz CT molecular complexity index is 2660. The van der Waals surface area contributed by atoms with Gasteiger partial charge in [-0.05, 0) is 100 Å². The number of benzene rings is 5. The number of ether oxygens (including phenoxy) is 3. The normalized spacial score (nSPS) is 13.7. The van der Waals surface area contributed by atoms with Crippen LogP contribution in [0.4, 0.5) is 17.1 Å². The van der Waals surface area contributed by atoms with Crippen LogP contribution in [-0.2, 0) is 30.6 Å². The molecular formula is C51H44N6O6. The van der Waals surface area contributed by atoms with Crippen molar-refractivity contribution in [2.24, 2.45) is 15.0 Å². The van der Waals surface area contributed by atoms with E-state index < -0.39 is 6.10 Å². The van der Waals surface area contributed by atoms with Crippen molar-refractivity contribution in [3.05, 3.63) is 173 Å². The molecule has 5 aromatic carbocycles. The number of aliphatic imine (C=N–C) groups is 3. The fourth-order valence-corrected chi connectivity index (χ4v) is 7.36. The lowest BCUT2D eigenvalue weighted by molar-refractivity contribution is 0.221. The van der Waals surface area contributed by atoms with Gasteiger partial charge < -0.3 is 14.2 Å². The maximum Gasteiger partial charge on any atom is 0.331 e. The Balaban J connectivity index is 1.12. The molecule has 63 heavy (non-hydrogen) atoms. The minimum Gasteiger partial charge on any atom is -0.455 e. The van der Waals surface area contributed by atoms with Crippen molar-refractivity contribution in [2.75, 3.05) is 0 Å². The minimum absolute atomic E-state index is 0.0204. The van der Waals surface area contributed by atoms with Gasteiger partial charge in [0.15, 0.2) is 0 Å². The van der Waals surface area contributed by atoms with Crippen molar-refractivity contribution in [2.45, 2.75) is 70.3 Å². The molecule has 0 saturated carbocycles. The van der Waals surface area contributed by atoms with Crippen LogP contribution < -0.4 is 14.2 Å². The van der Waals surface area contributed by atoms with E-state index in [-0.39, 0.29) is 34.3 Å². The van der Waals surface area contributed by atoms with Gasteiger partial charge in [-0.25, -0.2) is 14.4 Å². The van der Waals surface area contributed by atoms with Crippen LogP contribution in [0.25, 0.3) is 0 Å². The molecule has 1 aromatic heterocycles. The predicted molar refractivity (Wildman–Crippen MR) is 239 cm³/mol. The molecule has 0 aliphatic heterocycles. The molecule has 0 amide bonds. The Kier molecular flexibility index (Phi) is 12.6. The predicted octanol–water partition coefficient (Wildman–Crippen LogP) is 11.6. The first kappa shape index (κ1) is 43.2. The van der Waals surface area contributed by atoms with Crippen LogP contribution in [-0.4, -0.2) is 39.3 Å². The highest BCUT2D eigenvalue weighted by Crippen LogP contribution is 2.38. The number of isocyanates is 3. The second-order valence-electron chi connectivity index (χ2n) is 16.5. The van der Waals surface area contributed by atoms with Crippen molar-refractivity contribution in [3.8, 4) is 29.5 Å². The molecule has 6 aromatic rings. The van der Waals surface area contributed by atoms with Gasteiger partial charge in [-0.15, -0.1) is 15.0 Å². The largest absolute Gasteiger partial charge is 0.455 e. The molecule has 1 aliphatic rings. The first-order valence-electron chi connectivity index (χ1n) is 20.2. The van der Waals surface area contributed by atoms with Gasteiger partial charge in [0.2, 0.25) is 18.2 Å². The fraction of sp³-hybridized carbons (Fsp3) is 0.216. The molecule has 0 spiro atoms. The standard InChI is InChI=1S/C51H44N6O6/c1-49(2,34-7-19-40(20-8-34)52-31-58)37-13-25-43(26-14-37)61-46-55-47(62-44-27-15-38(16-28-44)50(3,4)35-9-21-41(22-10-35)53-32-59)57-48(56-46)63-45-29-17-39(18-30-45)51(5,6)36-11-23-42(24-12-36)54-33-60/h7-29,45H,30H2,1-6H3. The summed E-state index contributed by atoms with van der Waals surface area (Å²) in [5, 5.41) is 0. The van der Waals surface area contributed by atoms with Gasteiger partial charge in [-0.3, -0.25) is 0 Å². The van der Waals surface area contributed by atoms with Crippen molar-refractivity contribution < 1.29 is 28.6 Å². The topological polar surface area (TPSA) is 155 Å². The van der Waals surface area contributed by atoms with Gasteiger partial charge in [0, 0.05) is 22.7 Å². The van der Waals surface area contributed by atoms with E-state index in [1.165, 1.54) is 0 Å². The Morgan fingerprint density at radius 2 is 0.810 bits per heavy atom. The first-order valence-corrected chi connectivity index (χ1v) is 20.2. The third kappa shape index (κ3) is 10.0. The first-order chi connectivity index (χ1) is 30.3. The zero-order valence-electron chi connectivity index (χ0n) is 35.7. The van der Waals surface area contributed by atoms with E-state index in [0.29, 0.717) is 35.0 Å².